The molecule has 0 unspecified atom stereocenters. The van der Waals surface area contributed by atoms with Gasteiger partial charge < -0.3 is 9.80 Å². The maximum atomic E-state index is 12.8. The highest BCUT2D eigenvalue weighted by Crippen LogP contribution is 2.32. The first-order valence-corrected chi connectivity index (χ1v) is 12.3. The summed E-state index contributed by atoms with van der Waals surface area (Å²) < 4.78 is 1.24. The standard InChI is InChI=1S/C24H29N3OS2/c1-16(2)29-20-8-6-19(7-9-20)15-22(28)26-11-13-27(14-12-26)24-25-23-18(4)17(3)5-10-21(23)30-24/h5-10,16H,11-15H2,1-4H3. The van der Waals surface area contributed by atoms with Gasteiger partial charge in [0, 0.05) is 36.3 Å². The van der Waals surface area contributed by atoms with Gasteiger partial charge in [-0.2, -0.15) is 0 Å². The molecule has 0 saturated carbocycles. The highest BCUT2D eigenvalue weighted by atomic mass is 32.2. The van der Waals surface area contributed by atoms with Gasteiger partial charge in [-0.1, -0.05) is 43.4 Å². The smallest absolute Gasteiger partial charge is 0.227 e. The van der Waals surface area contributed by atoms with Gasteiger partial charge in [-0.3, -0.25) is 4.79 Å². The van der Waals surface area contributed by atoms with Gasteiger partial charge in [-0.05, 0) is 48.7 Å². The average molecular weight is 440 g/mol. The number of amides is 1. The summed E-state index contributed by atoms with van der Waals surface area (Å²) in [6, 6.07) is 12.8. The molecule has 4 nitrogen and oxygen atoms in total. The van der Waals surface area contributed by atoms with Crippen LogP contribution in [0, 0.1) is 13.8 Å². The van der Waals surface area contributed by atoms with E-state index in [0.717, 1.165) is 42.4 Å². The highest BCUT2D eigenvalue weighted by molar-refractivity contribution is 7.99. The fourth-order valence-electron chi connectivity index (χ4n) is 3.74. The van der Waals surface area contributed by atoms with Crippen molar-refractivity contribution in [2.24, 2.45) is 0 Å². The van der Waals surface area contributed by atoms with Crippen molar-refractivity contribution in [3.8, 4) is 0 Å². The monoisotopic (exact) mass is 439 g/mol. The lowest BCUT2D eigenvalue weighted by Crippen LogP contribution is -2.49. The second kappa shape index (κ2) is 8.98. The Morgan fingerprint density at radius 3 is 2.43 bits per heavy atom. The largest absolute Gasteiger partial charge is 0.345 e. The van der Waals surface area contributed by atoms with Crippen LogP contribution in [0.3, 0.4) is 0 Å². The number of nitrogens with zero attached hydrogens (tertiary/aromatic N) is 3. The molecule has 0 atom stereocenters. The summed E-state index contributed by atoms with van der Waals surface area (Å²) in [6.45, 7) is 11.9. The lowest BCUT2D eigenvalue weighted by molar-refractivity contribution is -0.130. The van der Waals surface area contributed by atoms with E-state index in [9.17, 15) is 4.79 Å². The molecule has 0 spiro atoms. The minimum Gasteiger partial charge on any atom is -0.345 e. The molecule has 158 valence electrons. The second-order valence-electron chi connectivity index (χ2n) is 8.21. The zero-order chi connectivity index (χ0) is 21.3. The Labute approximate surface area is 187 Å². The molecule has 0 N–H and O–H groups in total. The number of rotatable bonds is 5. The number of thiazole rings is 1. The van der Waals surface area contributed by atoms with Crippen molar-refractivity contribution in [2.75, 3.05) is 31.1 Å². The molecule has 4 rings (SSSR count). The van der Waals surface area contributed by atoms with E-state index in [2.05, 4.69) is 69.0 Å². The van der Waals surface area contributed by atoms with E-state index < -0.39 is 0 Å². The molecular weight excluding hydrogens is 410 g/mol. The van der Waals surface area contributed by atoms with Gasteiger partial charge in [-0.25, -0.2) is 4.98 Å². The average Bonchev–Trinajstić information content (AvgIpc) is 3.17. The number of carbonyl (C=O) groups is 1. The number of hydrogen-bond donors (Lipinski definition) is 0. The molecule has 1 fully saturated rings. The highest BCUT2D eigenvalue weighted by Gasteiger charge is 2.23. The zero-order valence-corrected chi connectivity index (χ0v) is 19.8. The molecule has 1 saturated heterocycles. The molecule has 0 radical (unpaired) electrons. The van der Waals surface area contributed by atoms with Gasteiger partial charge in [0.25, 0.3) is 0 Å². The van der Waals surface area contributed by atoms with E-state index in [1.807, 2.05) is 16.7 Å². The third-order valence-corrected chi connectivity index (χ3v) is 7.72. The van der Waals surface area contributed by atoms with Crippen LogP contribution < -0.4 is 4.90 Å². The van der Waals surface area contributed by atoms with Crippen LogP contribution in [0.15, 0.2) is 41.3 Å². The van der Waals surface area contributed by atoms with Gasteiger partial charge >= 0.3 is 0 Å². The van der Waals surface area contributed by atoms with Crippen LogP contribution in [0.1, 0.15) is 30.5 Å². The fraction of sp³-hybridized carbons (Fsp3) is 0.417. The Bertz CT molecular complexity index is 1030. The lowest BCUT2D eigenvalue weighted by atomic mass is 10.1. The van der Waals surface area contributed by atoms with E-state index in [1.54, 1.807) is 11.3 Å². The number of carbonyl (C=O) groups excluding carboxylic acids is 1. The number of hydrogen-bond acceptors (Lipinski definition) is 5. The Morgan fingerprint density at radius 1 is 1.07 bits per heavy atom. The maximum Gasteiger partial charge on any atom is 0.227 e. The van der Waals surface area contributed by atoms with Crippen LogP contribution in [-0.2, 0) is 11.2 Å². The molecule has 0 bridgehead atoms. The predicted molar refractivity (Wildman–Crippen MR) is 129 cm³/mol. The van der Waals surface area contributed by atoms with Crippen molar-refractivity contribution in [2.45, 2.75) is 44.3 Å². The Hall–Kier alpha value is -2.05. The van der Waals surface area contributed by atoms with E-state index >= 15 is 0 Å². The van der Waals surface area contributed by atoms with Crippen LogP contribution in [-0.4, -0.2) is 47.2 Å². The third-order valence-electron chi connectivity index (χ3n) is 5.63. The molecule has 3 aromatic rings. The van der Waals surface area contributed by atoms with Crippen molar-refractivity contribution < 1.29 is 4.79 Å². The van der Waals surface area contributed by atoms with Crippen LogP contribution in [0.5, 0.6) is 0 Å². The van der Waals surface area contributed by atoms with E-state index in [4.69, 9.17) is 4.98 Å². The van der Waals surface area contributed by atoms with Crippen molar-refractivity contribution in [1.29, 1.82) is 0 Å². The van der Waals surface area contributed by atoms with Crippen LogP contribution in [0.4, 0.5) is 5.13 Å². The van der Waals surface area contributed by atoms with E-state index in [-0.39, 0.29) is 5.91 Å². The number of aromatic nitrogens is 1. The zero-order valence-electron chi connectivity index (χ0n) is 18.1. The number of benzene rings is 2. The Kier molecular flexibility index (Phi) is 6.34. The van der Waals surface area contributed by atoms with Crippen molar-refractivity contribution in [3.05, 3.63) is 53.1 Å². The summed E-state index contributed by atoms with van der Waals surface area (Å²) in [5, 5.41) is 1.64. The minimum atomic E-state index is 0.217. The first-order chi connectivity index (χ1) is 14.4. The van der Waals surface area contributed by atoms with Gasteiger partial charge in [0.05, 0.1) is 16.6 Å². The molecular formula is C24H29N3OS2. The minimum absolute atomic E-state index is 0.217. The molecule has 0 aliphatic carbocycles. The maximum absolute atomic E-state index is 12.8. The van der Waals surface area contributed by atoms with Crippen molar-refractivity contribution >= 4 is 44.4 Å². The van der Waals surface area contributed by atoms with E-state index in [1.165, 1.54) is 20.7 Å². The van der Waals surface area contributed by atoms with Gasteiger partial charge in [0.15, 0.2) is 5.13 Å². The third kappa shape index (κ3) is 4.65. The molecule has 1 amide bonds. The summed E-state index contributed by atoms with van der Waals surface area (Å²) in [5.41, 5.74) is 4.76. The first-order valence-electron chi connectivity index (χ1n) is 10.6. The number of fused-ring (bicyclic) bond motifs is 1. The number of piperazine rings is 1. The lowest BCUT2D eigenvalue weighted by Gasteiger charge is -2.34. The normalized spacial score (nSPS) is 14.7. The topological polar surface area (TPSA) is 36.4 Å². The summed E-state index contributed by atoms with van der Waals surface area (Å²) in [4.78, 5) is 23.3. The molecule has 30 heavy (non-hydrogen) atoms. The van der Waals surface area contributed by atoms with Gasteiger partial charge in [0.1, 0.15) is 0 Å². The number of anilines is 1. The summed E-state index contributed by atoms with van der Waals surface area (Å²) >= 11 is 3.60. The number of aryl methyl sites for hydroxylation is 2. The molecule has 1 aliphatic heterocycles. The fourth-order valence-corrected chi connectivity index (χ4v) is 5.66. The molecule has 1 aromatic heterocycles. The van der Waals surface area contributed by atoms with Crippen molar-refractivity contribution in [1.82, 2.24) is 9.88 Å². The second-order valence-corrected chi connectivity index (χ2v) is 10.9. The summed E-state index contributed by atoms with van der Waals surface area (Å²) in [7, 11) is 0. The predicted octanol–water partition coefficient (Wildman–Crippen LogP) is 5.30. The Balaban J connectivity index is 1.35. The molecule has 6 heteroatoms. The quantitative estimate of drug-likeness (QED) is 0.505. The van der Waals surface area contributed by atoms with Crippen LogP contribution in [0.25, 0.3) is 10.2 Å². The summed E-state index contributed by atoms with van der Waals surface area (Å²) in [6.07, 6.45) is 0.478. The molecule has 2 aromatic carbocycles. The number of thioether (sulfide) groups is 1. The van der Waals surface area contributed by atoms with Crippen LogP contribution >= 0.6 is 23.1 Å². The van der Waals surface area contributed by atoms with Crippen LogP contribution in [0.2, 0.25) is 0 Å². The summed E-state index contributed by atoms with van der Waals surface area (Å²) in [5.74, 6) is 0.217. The van der Waals surface area contributed by atoms with Gasteiger partial charge in [0.2, 0.25) is 5.91 Å². The van der Waals surface area contributed by atoms with Gasteiger partial charge in [-0.15, -0.1) is 11.8 Å². The van der Waals surface area contributed by atoms with E-state index in [0.29, 0.717) is 11.7 Å². The molecule has 2 heterocycles. The first kappa shape index (κ1) is 21.2. The molecule has 1 aliphatic rings. The van der Waals surface area contributed by atoms with Crippen molar-refractivity contribution in [3.63, 3.8) is 0 Å². The SMILES string of the molecule is Cc1ccc2sc(N3CCN(C(=O)Cc4ccc(SC(C)C)cc4)CC3)nc2c1C. The Morgan fingerprint density at radius 2 is 1.77 bits per heavy atom.